The molecule has 5 aromatic rings. The zero-order valence-electron chi connectivity index (χ0n) is 16.3. The molecule has 0 saturated carbocycles. The van der Waals surface area contributed by atoms with Gasteiger partial charge in [-0.25, -0.2) is 4.68 Å². The lowest BCUT2D eigenvalue weighted by Crippen LogP contribution is -1.98. The Morgan fingerprint density at radius 1 is 0.533 bits per heavy atom. The minimum Gasteiger partial charge on any atom is -0.457 e. The van der Waals surface area contributed by atoms with Gasteiger partial charge in [0, 0.05) is 11.1 Å². The molecule has 1 heterocycles. The minimum absolute atomic E-state index is 0.802. The van der Waals surface area contributed by atoms with Crippen molar-refractivity contribution >= 4 is 0 Å². The van der Waals surface area contributed by atoms with Crippen molar-refractivity contribution < 1.29 is 4.74 Å². The summed E-state index contributed by atoms with van der Waals surface area (Å²) in [5, 5.41) is 4.92. The van der Waals surface area contributed by atoms with E-state index >= 15 is 0 Å². The number of nitrogens with zero attached hydrogens (tertiary/aromatic N) is 2. The third kappa shape index (κ3) is 3.74. The summed E-state index contributed by atoms with van der Waals surface area (Å²) in [6.07, 6.45) is 0. The monoisotopic (exact) mass is 388 g/mol. The zero-order valence-corrected chi connectivity index (χ0v) is 16.3. The highest BCUT2D eigenvalue weighted by atomic mass is 16.5. The molecule has 0 amide bonds. The van der Waals surface area contributed by atoms with Crippen molar-refractivity contribution in [3.63, 3.8) is 0 Å². The highest BCUT2D eigenvalue weighted by Gasteiger charge is 2.13. The predicted octanol–water partition coefficient (Wildman–Crippen LogP) is 7.00. The van der Waals surface area contributed by atoms with Crippen LogP contribution in [0.25, 0.3) is 28.2 Å². The standard InChI is InChI=1S/C27H20N2O/c1-4-10-22(11-5-1)27-20-26(28-29(27)23-12-6-2-7-13-23)21-16-18-25(19-17-21)30-24-14-8-3-9-15-24/h1-20H. The second-order valence-electron chi connectivity index (χ2n) is 6.97. The van der Waals surface area contributed by atoms with Crippen LogP contribution >= 0.6 is 0 Å². The lowest BCUT2D eigenvalue weighted by molar-refractivity contribution is 0.483. The van der Waals surface area contributed by atoms with Crippen LogP contribution in [0.4, 0.5) is 0 Å². The molecule has 1 aromatic heterocycles. The van der Waals surface area contributed by atoms with Gasteiger partial charge in [-0.15, -0.1) is 0 Å². The number of hydrogen-bond acceptors (Lipinski definition) is 2. The summed E-state index contributed by atoms with van der Waals surface area (Å²) in [4.78, 5) is 0. The molecule has 0 unspecified atom stereocenters. The molecule has 30 heavy (non-hydrogen) atoms. The molecule has 0 aliphatic heterocycles. The van der Waals surface area contributed by atoms with Crippen LogP contribution in [-0.4, -0.2) is 9.78 Å². The van der Waals surface area contributed by atoms with Crippen LogP contribution in [0.5, 0.6) is 11.5 Å². The third-order valence-electron chi connectivity index (χ3n) is 4.91. The van der Waals surface area contributed by atoms with Gasteiger partial charge in [0.1, 0.15) is 11.5 Å². The first-order valence-corrected chi connectivity index (χ1v) is 9.91. The first kappa shape index (κ1) is 18.0. The van der Waals surface area contributed by atoms with Crippen molar-refractivity contribution in [3.8, 4) is 39.7 Å². The zero-order chi connectivity index (χ0) is 20.2. The molecule has 0 saturated heterocycles. The summed E-state index contributed by atoms with van der Waals surface area (Å²) in [6.45, 7) is 0. The van der Waals surface area contributed by atoms with Gasteiger partial charge in [0.2, 0.25) is 0 Å². The third-order valence-corrected chi connectivity index (χ3v) is 4.91. The fraction of sp³-hybridized carbons (Fsp3) is 0. The van der Waals surface area contributed by atoms with E-state index in [1.54, 1.807) is 0 Å². The smallest absolute Gasteiger partial charge is 0.127 e. The summed E-state index contributed by atoms with van der Waals surface area (Å²) in [5.74, 6) is 1.63. The Hall–Kier alpha value is -4.11. The van der Waals surface area contributed by atoms with Crippen molar-refractivity contribution in [1.82, 2.24) is 9.78 Å². The molecule has 3 nitrogen and oxygen atoms in total. The number of benzene rings is 4. The van der Waals surface area contributed by atoms with Gasteiger partial charge in [-0.1, -0.05) is 66.7 Å². The minimum atomic E-state index is 0.802. The van der Waals surface area contributed by atoms with Crippen LogP contribution in [0.1, 0.15) is 0 Å². The second-order valence-corrected chi connectivity index (χ2v) is 6.97. The Labute approximate surface area is 175 Å². The number of aromatic nitrogens is 2. The van der Waals surface area contributed by atoms with Gasteiger partial charge in [-0.2, -0.15) is 5.10 Å². The van der Waals surface area contributed by atoms with Gasteiger partial charge in [-0.05, 0) is 54.6 Å². The molecule has 0 fully saturated rings. The first-order chi connectivity index (χ1) is 14.9. The molecule has 0 bridgehead atoms. The topological polar surface area (TPSA) is 27.1 Å². The first-order valence-electron chi connectivity index (χ1n) is 9.91. The number of rotatable bonds is 5. The SMILES string of the molecule is c1ccc(Oc2ccc(-c3cc(-c4ccccc4)n(-c4ccccc4)n3)cc2)cc1. The van der Waals surface area contributed by atoms with Gasteiger partial charge < -0.3 is 4.74 Å². The summed E-state index contributed by atoms with van der Waals surface area (Å²) in [6, 6.07) is 40.5. The van der Waals surface area contributed by atoms with Crippen molar-refractivity contribution in [1.29, 1.82) is 0 Å². The van der Waals surface area contributed by atoms with E-state index in [-0.39, 0.29) is 0 Å². The van der Waals surface area contributed by atoms with Gasteiger partial charge in [0.25, 0.3) is 0 Å². The van der Waals surface area contributed by atoms with E-state index in [2.05, 4.69) is 30.3 Å². The lowest BCUT2D eigenvalue weighted by atomic mass is 10.1. The van der Waals surface area contributed by atoms with Gasteiger partial charge in [-0.3, -0.25) is 0 Å². The van der Waals surface area contributed by atoms with E-state index in [1.807, 2.05) is 95.7 Å². The fourth-order valence-corrected chi connectivity index (χ4v) is 3.42. The van der Waals surface area contributed by atoms with Crippen molar-refractivity contribution in [2.45, 2.75) is 0 Å². The maximum absolute atomic E-state index is 5.91. The fourth-order valence-electron chi connectivity index (χ4n) is 3.42. The number of para-hydroxylation sites is 2. The van der Waals surface area contributed by atoms with Crippen LogP contribution in [0.3, 0.4) is 0 Å². The van der Waals surface area contributed by atoms with E-state index < -0.39 is 0 Å². The van der Waals surface area contributed by atoms with Crippen molar-refractivity contribution in [2.24, 2.45) is 0 Å². The molecular formula is C27H20N2O. The molecular weight excluding hydrogens is 368 g/mol. The average Bonchev–Trinajstić information content (AvgIpc) is 3.27. The van der Waals surface area contributed by atoms with E-state index in [0.717, 1.165) is 39.7 Å². The molecule has 0 atom stereocenters. The highest BCUT2D eigenvalue weighted by Crippen LogP contribution is 2.30. The van der Waals surface area contributed by atoms with E-state index in [1.165, 1.54) is 0 Å². The van der Waals surface area contributed by atoms with Crippen LogP contribution in [0.2, 0.25) is 0 Å². The lowest BCUT2D eigenvalue weighted by Gasteiger charge is -2.07. The average molecular weight is 388 g/mol. The molecule has 0 N–H and O–H groups in total. The predicted molar refractivity (Wildman–Crippen MR) is 121 cm³/mol. The molecule has 0 radical (unpaired) electrons. The summed E-state index contributed by atoms with van der Waals surface area (Å²) in [5.41, 5.74) is 5.18. The second kappa shape index (κ2) is 8.10. The van der Waals surface area contributed by atoms with E-state index in [9.17, 15) is 0 Å². The van der Waals surface area contributed by atoms with Crippen LogP contribution in [-0.2, 0) is 0 Å². The number of hydrogen-bond donors (Lipinski definition) is 0. The molecule has 0 aliphatic rings. The van der Waals surface area contributed by atoms with Crippen molar-refractivity contribution in [3.05, 3.63) is 121 Å². The quantitative estimate of drug-likeness (QED) is 0.324. The largest absolute Gasteiger partial charge is 0.457 e. The molecule has 5 rings (SSSR count). The molecule has 3 heteroatoms. The van der Waals surface area contributed by atoms with E-state index in [4.69, 9.17) is 9.84 Å². The van der Waals surface area contributed by atoms with E-state index in [0.29, 0.717) is 0 Å². The highest BCUT2D eigenvalue weighted by molar-refractivity contribution is 5.70. The Balaban J connectivity index is 1.51. The molecule has 0 spiro atoms. The maximum atomic E-state index is 5.91. The molecule has 4 aromatic carbocycles. The van der Waals surface area contributed by atoms with Crippen LogP contribution in [0.15, 0.2) is 121 Å². The Kier molecular flexibility index (Phi) is 4.84. The van der Waals surface area contributed by atoms with Crippen LogP contribution < -0.4 is 4.74 Å². The normalized spacial score (nSPS) is 10.7. The van der Waals surface area contributed by atoms with Crippen molar-refractivity contribution in [2.75, 3.05) is 0 Å². The Bertz CT molecular complexity index is 1170. The summed E-state index contributed by atoms with van der Waals surface area (Å²) in [7, 11) is 0. The van der Waals surface area contributed by atoms with Crippen LogP contribution in [0, 0.1) is 0 Å². The Morgan fingerprint density at radius 2 is 1.10 bits per heavy atom. The summed E-state index contributed by atoms with van der Waals surface area (Å²) >= 11 is 0. The molecule has 0 aliphatic carbocycles. The Morgan fingerprint density at radius 3 is 1.77 bits per heavy atom. The summed E-state index contributed by atoms with van der Waals surface area (Å²) < 4.78 is 7.91. The van der Waals surface area contributed by atoms with Gasteiger partial charge in [0.05, 0.1) is 17.1 Å². The number of ether oxygens (including phenoxy) is 1. The van der Waals surface area contributed by atoms with Gasteiger partial charge in [0.15, 0.2) is 0 Å². The van der Waals surface area contributed by atoms with Gasteiger partial charge >= 0.3 is 0 Å². The molecule has 144 valence electrons. The maximum Gasteiger partial charge on any atom is 0.127 e.